The summed E-state index contributed by atoms with van der Waals surface area (Å²) in [6.07, 6.45) is 3.45. The van der Waals surface area contributed by atoms with E-state index in [0.29, 0.717) is 10.8 Å². The Bertz CT molecular complexity index is 875. The lowest BCUT2D eigenvalue weighted by molar-refractivity contribution is -0.121. The predicted molar refractivity (Wildman–Crippen MR) is 105 cm³/mol. The zero-order valence-electron chi connectivity index (χ0n) is 15.0. The minimum atomic E-state index is -0.363. The van der Waals surface area contributed by atoms with Crippen LogP contribution < -0.4 is 10.6 Å². The highest BCUT2D eigenvalue weighted by atomic mass is 32.1. The van der Waals surface area contributed by atoms with Crippen molar-refractivity contribution in [3.63, 3.8) is 0 Å². The van der Waals surface area contributed by atoms with Crippen molar-refractivity contribution in [2.45, 2.75) is 32.2 Å². The lowest BCUT2D eigenvalue weighted by Crippen LogP contribution is -2.29. The molecule has 2 aromatic heterocycles. The number of thiazole rings is 1. The average Bonchev–Trinajstić information content (AvgIpc) is 3.34. The van der Waals surface area contributed by atoms with Crippen LogP contribution >= 0.6 is 11.3 Å². The van der Waals surface area contributed by atoms with Crippen LogP contribution in [-0.2, 0) is 11.2 Å². The van der Waals surface area contributed by atoms with Gasteiger partial charge in [-0.1, -0.05) is 43.7 Å². The van der Waals surface area contributed by atoms with Gasteiger partial charge < -0.3 is 9.73 Å². The first-order valence-electron chi connectivity index (χ1n) is 8.79. The summed E-state index contributed by atoms with van der Waals surface area (Å²) in [5.74, 6) is -0.237. The maximum atomic E-state index is 12.4. The van der Waals surface area contributed by atoms with Crippen LogP contribution in [0.2, 0.25) is 0 Å². The van der Waals surface area contributed by atoms with Gasteiger partial charge in [0, 0.05) is 5.38 Å². The van der Waals surface area contributed by atoms with Crippen LogP contribution in [-0.4, -0.2) is 16.8 Å². The quantitative estimate of drug-likeness (QED) is 0.611. The van der Waals surface area contributed by atoms with Gasteiger partial charge in [0.2, 0.25) is 5.91 Å². The standard InChI is InChI=1S/C20H21N3O3S/c1-2-7-16(14-8-4-3-5-9-14)22-18(24)12-15-13-27-20(21-15)23-19(25)17-10-6-11-26-17/h3-6,8-11,13,16H,2,7,12H2,1H3,(H,22,24)(H,21,23,25)/t16-/m1/s1. The van der Waals surface area contributed by atoms with Crippen molar-refractivity contribution in [1.29, 1.82) is 0 Å². The molecule has 3 aromatic rings. The first kappa shape index (κ1) is 18.8. The summed E-state index contributed by atoms with van der Waals surface area (Å²) in [5, 5.41) is 7.96. The molecule has 2 N–H and O–H groups in total. The number of aromatic nitrogens is 1. The van der Waals surface area contributed by atoms with Crippen LogP contribution in [0.25, 0.3) is 0 Å². The number of benzene rings is 1. The first-order valence-corrected chi connectivity index (χ1v) is 9.67. The van der Waals surface area contributed by atoms with Gasteiger partial charge in [0.1, 0.15) is 0 Å². The van der Waals surface area contributed by atoms with E-state index in [1.54, 1.807) is 17.5 Å². The van der Waals surface area contributed by atoms with E-state index in [4.69, 9.17) is 4.42 Å². The molecule has 2 heterocycles. The number of carbonyl (C=O) groups excluding carboxylic acids is 2. The molecule has 1 atom stereocenters. The maximum absolute atomic E-state index is 12.4. The lowest BCUT2D eigenvalue weighted by atomic mass is 10.0. The Balaban J connectivity index is 1.57. The van der Waals surface area contributed by atoms with Gasteiger partial charge in [0.15, 0.2) is 10.9 Å². The topological polar surface area (TPSA) is 84.2 Å². The van der Waals surface area contributed by atoms with Gasteiger partial charge in [-0.3, -0.25) is 14.9 Å². The second-order valence-electron chi connectivity index (χ2n) is 6.07. The molecular formula is C20H21N3O3S. The molecule has 3 rings (SSSR count). The molecule has 27 heavy (non-hydrogen) atoms. The summed E-state index contributed by atoms with van der Waals surface area (Å²) < 4.78 is 5.05. The van der Waals surface area contributed by atoms with Crippen molar-refractivity contribution in [3.05, 3.63) is 71.1 Å². The highest BCUT2D eigenvalue weighted by molar-refractivity contribution is 7.14. The Morgan fingerprint density at radius 1 is 1.19 bits per heavy atom. The van der Waals surface area contributed by atoms with Crippen molar-refractivity contribution >= 4 is 28.3 Å². The van der Waals surface area contributed by atoms with E-state index in [-0.39, 0.29) is 30.0 Å². The van der Waals surface area contributed by atoms with Gasteiger partial charge in [-0.05, 0) is 24.1 Å². The fraction of sp³-hybridized carbons (Fsp3) is 0.250. The van der Waals surface area contributed by atoms with Crippen LogP contribution in [0.1, 0.15) is 47.6 Å². The number of furan rings is 1. The highest BCUT2D eigenvalue weighted by Crippen LogP contribution is 2.20. The van der Waals surface area contributed by atoms with E-state index in [9.17, 15) is 9.59 Å². The molecule has 0 aliphatic rings. The summed E-state index contributed by atoms with van der Waals surface area (Å²) in [7, 11) is 0. The Hall–Kier alpha value is -2.93. The van der Waals surface area contributed by atoms with E-state index in [1.165, 1.54) is 17.6 Å². The van der Waals surface area contributed by atoms with Crippen LogP contribution in [0.4, 0.5) is 5.13 Å². The SMILES string of the molecule is CCC[C@@H](NC(=O)Cc1csc(NC(=O)c2ccco2)n1)c1ccccc1. The Kier molecular flexibility index (Phi) is 6.38. The number of hydrogen-bond acceptors (Lipinski definition) is 5. The number of carbonyl (C=O) groups is 2. The summed E-state index contributed by atoms with van der Waals surface area (Å²) in [5.41, 5.74) is 1.72. The Morgan fingerprint density at radius 2 is 2.00 bits per heavy atom. The summed E-state index contributed by atoms with van der Waals surface area (Å²) in [6, 6.07) is 13.2. The van der Waals surface area contributed by atoms with Gasteiger partial charge in [0.25, 0.3) is 5.91 Å². The lowest BCUT2D eigenvalue weighted by Gasteiger charge is -2.18. The molecule has 0 aliphatic heterocycles. The van der Waals surface area contributed by atoms with Gasteiger partial charge in [0.05, 0.1) is 24.4 Å². The van der Waals surface area contributed by atoms with Crippen molar-refractivity contribution in [1.82, 2.24) is 10.3 Å². The summed E-state index contributed by atoms with van der Waals surface area (Å²) in [6.45, 7) is 2.09. The average molecular weight is 383 g/mol. The molecule has 1 aromatic carbocycles. The van der Waals surface area contributed by atoms with E-state index in [1.807, 2.05) is 30.3 Å². The smallest absolute Gasteiger partial charge is 0.293 e. The van der Waals surface area contributed by atoms with Gasteiger partial charge in [-0.2, -0.15) is 0 Å². The number of amides is 2. The van der Waals surface area contributed by atoms with Crippen molar-refractivity contribution < 1.29 is 14.0 Å². The molecule has 0 unspecified atom stereocenters. The van der Waals surface area contributed by atoms with E-state index >= 15 is 0 Å². The third-order valence-electron chi connectivity index (χ3n) is 3.97. The third-order valence-corrected chi connectivity index (χ3v) is 4.78. The highest BCUT2D eigenvalue weighted by Gasteiger charge is 2.16. The molecule has 0 spiro atoms. The second-order valence-corrected chi connectivity index (χ2v) is 6.93. The molecule has 7 heteroatoms. The number of rotatable bonds is 8. The molecule has 0 radical (unpaired) electrons. The van der Waals surface area contributed by atoms with Crippen molar-refractivity contribution in [2.24, 2.45) is 0 Å². The zero-order valence-corrected chi connectivity index (χ0v) is 15.8. The summed E-state index contributed by atoms with van der Waals surface area (Å²) >= 11 is 1.28. The number of hydrogen-bond donors (Lipinski definition) is 2. The molecule has 0 saturated carbocycles. The maximum Gasteiger partial charge on any atom is 0.293 e. The molecule has 0 bridgehead atoms. The van der Waals surface area contributed by atoms with Crippen LogP contribution in [0.15, 0.2) is 58.5 Å². The minimum absolute atomic E-state index is 0.0135. The number of nitrogens with one attached hydrogen (secondary N) is 2. The van der Waals surface area contributed by atoms with E-state index < -0.39 is 0 Å². The molecule has 0 fully saturated rings. The van der Waals surface area contributed by atoms with E-state index in [2.05, 4.69) is 22.5 Å². The monoisotopic (exact) mass is 383 g/mol. The van der Waals surface area contributed by atoms with Crippen molar-refractivity contribution in [2.75, 3.05) is 5.32 Å². The minimum Gasteiger partial charge on any atom is -0.459 e. The zero-order chi connectivity index (χ0) is 19.1. The molecule has 140 valence electrons. The van der Waals surface area contributed by atoms with Gasteiger partial charge in [-0.25, -0.2) is 4.98 Å². The van der Waals surface area contributed by atoms with Crippen molar-refractivity contribution in [3.8, 4) is 0 Å². The number of nitrogens with zero attached hydrogens (tertiary/aromatic N) is 1. The van der Waals surface area contributed by atoms with Gasteiger partial charge in [-0.15, -0.1) is 11.3 Å². The Morgan fingerprint density at radius 3 is 2.70 bits per heavy atom. The molecule has 0 aliphatic carbocycles. The molecule has 0 saturated heterocycles. The fourth-order valence-electron chi connectivity index (χ4n) is 2.72. The van der Waals surface area contributed by atoms with Crippen LogP contribution in [0.5, 0.6) is 0 Å². The summed E-state index contributed by atoms with van der Waals surface area (Å²) in [4.78, 5) is 28.7. The molecule has 2 amide bonds. The Labute approximate surface area is 161 Å². The first-order chi connectivity index (χ1) is 13.2. The van der Waals surface area contributed by atoms with Crippen LogP contribution in [0, 0.1) is 0 Å². The molecular weight excluding hydrogens is 362 g/mol. The van der Waals surface area contributed by atoms with E-state index in [0.717, 1.165) is 18.4 Å². The predicted octanol–water partition coefficient (Wildman–Crippen LogP) is 4.19. The normalized spacial score (nSPS) is 11.7. The fourth-order valence-corrected chi connectivity index (χ4v) is 3.42. The largest absolute Gasteiger partial charge is 0.459 e. The van der Waals surface area contributed by atoms with Gasteiger partial charge >= 0.3 is 0 Å². The van der Waals surface area contributed by atoms with Crippen LogP contribution in [0.3, 0.4) is 0 Å². The molecule has 6 nitrogen and oxygen atoms in total. The third kappa shape index (κ3) is 5.27. The number of anilines is 1. The second kappa shape index (κ2) is 9.14.